The van der Waals surface area contributed by atoms with Crippen LogP contribution in [0.15, 0.2) is 61.1 Å². The summed E-state index contributed by atoms with van der Waals surface area (Å²) in [5, 5.41) is 26.2. The molecule has 4 fully saturated rings. The number of nitrogens with zero attached hydrogens (tertiary/aromatic N) is 2. The number of rotatable bonds is 18. The lowest BCUT2D eigenvalue weighted by molar-refractivity contribution is -0.138. The summed E-state index contributed by atoms with van der Waals surface area (Å²) in [6.07, 6.45) is 3.49. The maximum Gasteiger partial charge on any atom is 0.407 e. The maximum atomic E-state index is 13.0. The van der Waals surface area contributed by atoms with Gasteiger partial charge in [-0.2, -0.15) is 0 Å². The molecule has 1 saturated carbocycles. The summed E-state index contributed by atoms with van der Waals surface area (Å²) in [6.45, 7) is 3.06. The van der Waals surface area contributed by atoms with Crippen molar-refractivity contribution in [1.82, 2.24) is 41.5 Å². The van der Waals surface area contributed by atoms with Gasteiger partial charge in [0.05, 0.1) is 43.8 Å². The molecule has 0 unspecified atom stereocenters. The highest BCUT2D eigenvalue weighted by molar-refractivity contribution is 5.79. The molecule has 6 atom stereocenters. The number of benzene rings is 2. The number of amides is 3. The Labute approximate surface area is 331 Å². The first-order chi connectivity index (χ1) is 27.8. The summed E-state index contributed by atoms with van der Waals surface area (Å²) in [5.41, 5.74) is 2.85. The van der Waals surface area contributed by atoms with Crippen LogP contribution in [-0.2, 0) is 38.4 Å². The Morgan fingerprint density at radius 2 is 1.56 bits per heavy atom. The molecule has 17 heteroatoms. The number of hydrogen-bond acceptors (Lipinski definition) is 13. The molecule has 7 N–H and O–H groups in total. The quantitative estimate of drug-likeness (QED) is 0.0906. The number of hydrogen-bond donors (Lipinski definition) is 7. The second-order valence-electron chi connectivity index (χ2n) is 15.1. The van der Waals surface area contributed by atoms with Gasteiger partial charge in [-0.25, -0.2) is 14.6 Å². The molecule has 4 heterocycles. The van der Waals surface area contributed by atoms with Crippen molar-refractivity contribution in [2.24, 2.45) is 5.92 Å². The molecule has 7 rings (SSSR count). The average Bonchev–Trinajstić information content (AvgIpc) is 3.91. The minimum absolute atomic E-state index is 0.0247. The molecule has 308 valence electrons. The highest BCUT2D eigenvalue weighted by Crippen LogP contribution is 2.29. The van der Waals surface area contributed by atoms with E-state index in [0.717, 1.165) is 41.8 Å². The van der Waals surface area contributed by atoms with Crippen molar-refractivity contribution in [3.63, 3.8) is 0 Å². The standard InChI is InChI=1S/C40H54N8O9/c1-53-30-9-5-25(6-10-30)16-33-37(57-40(52)47-28-17-41-18-28)35(21-45-33)55-24-54-31-11-7-26(8-12-31)15-32-36(34(49)20-44-32)56-39(51)43-13-14-48(22-29-19-42-23-46-29)38(50)27-3-2-4-27/h5-12,19,23,27-28,32-37,41,44-45,49H,2-4,13-18,20-22,24H2,1H3,(H,42,46)(H,43,51)(H,47,52)/t32-,33+,34+,35-,36-,37-/m0/s1. The van der Waals surface area contributed by atoms with Crippen LogP contribution in [0.4, 0.5) is 9.59 Å². The molecule has 3 aliphatic heterocycles. The van der Waals surface area contributed by atoms with E-state index in [1.807, 2.05) is 48.5 Å². The van der Waals surface area contributed by atoms with Crippen molar-refractivity contribution in [1.29, 1.82) is 0 Å². The Bertz CT molecular complexity index is 1740. The van der Waals surface area contributed by atoms with Gasteiger partial charge in [-0.1, -0.05) is 30.7 Å². The summed E-state index contributed by atoms with van der Waals surface area (Å²) < 4.78 is 29.0. The Hall–Kier alpha value is -4.94. The van der Waals surface area contributed by atoms with E-state index < -0.39 is 36.6 Å². The molecule has 3 amide bonds. The summed E-state index contributed by atoms with van der Waals surface area (Å²) in [6, 6.07) is 14.9. The van der Waals surface area contributed by atoms with Crippen molar-refractivity contribution in [3.8, 4) is 11.5 Å². The van der Waals surface area contributed by atoms with Crippen LogP contribution in [0.25, 0.3) is 0 Å². The molecule has 0 spiro atoms. The fourth-order valence-corrected chi connectivity index (χ4v) is 7.49. The Kier molecular flexibility index (Phi) is 13.8. The number of aliphatic hydroxyl groups is 1. The van der Waals surface area contributed by atoms with Crippen LogP contribution >= 0.6 is 0 Å². The van der Waals surface area contributed by atoms with Crippen LogP contribution in [0.3, 0.4) is 0 Å². The Balaban J connectivity index is 0.863. The number of aliphatic hydroxyl groups excluding tert-OH is 1. The van der Waals surface area contributed by atoms with Crippen LogP contribution in [0.5, 0.6) is 11.5 Å². The van der Waals surface area contributed by atoms with Crippen LogP contribution in [0.1, 0.15) is 36.1 Å². The zero-order valence-electron chi connectivity index (χ0n) is 32.2. The third-order valence-electron chi connectivity index (χ3n) is 11.1. The van der Waals surface area contributed by atoms with Gasteiger partial charge in [0, 0.05) is 51.4 Å². The largest absolute Gasteiger partial charge is 0.497 e. The van der Waals surface area contributed by atoms with E-state index >= 15 is 0 Å². The van der Waals surface area contributed by atoms with E-state index in [0.29, 0.717) is 51.3 Å². The first-order valence-corrected chi connectivity index (χ1v) is 19.8. The average molecular weight is 791 g/mol. The van der Waals surface area contributed by atoms with Gasteiger partial charge in [0.2, 0.25) is 5.91 Å². The van der Waals surface area contributed by atoms with Gasteiger partial charge in [0.1, 0.15) is 35.9 Å². The lowest BCUT2D eigenvalue weighted by Crippen LogP contribution is -2.57. The van der Waals surface area contributed by atoms with Gasteiger partial charge in [0.15, 0.2) is 6.79 Å². The van der Waals surface area contributed by atoms with Gasteiger partial charge in [-0.05, 0) is 61.1 Å². The second kappa shape index (κ2) is 19.5. The first kappa shape index (κ1) is 40.3. The molecule has 57 heavy (non-hydrogen) atoms. The molecule has 1 aliphatic carbocycles. The first-order valence-electron chi connectivity index (χ1n) is 19.8. The van der Waals surface area contributed by atoms with Gasteiger partial charge in [-0.3, -0.25) is 4.79 Å². The Morgan fingerprint density at radius 3 is 2.19 bits per heavy atom. The summed E-state index contributed by atoms with van der Waals surface area (Å²) in [7, 11) is 1.63. The normalized spacial score (nSPS) is 24.5. The smallest absolute Gasteiger partial charge is 0.407 e. The van der Waals surface area contributed by atoms with Crippen LogP contribution in [0.2, 0.25) is 0 Å². The predicted molar refractivity (Wildman–Crippen MR) is 206 cm³/mol. The van der Waals surface area contributed by atoms with Gasteiger partial charge in [0.25, 0.3) is 0 Å². The van der Waals surface area contributed by atoms with E-state index in [2.05, 4.69) is 36.6 Å². The van der Waals surface area contributed by atoms with E-state index in [1.54, 1.807) is 24.5 Å². The predicted octanol–water partition coefficient (Wildman–Crippen LogP) is 1.22. The zero-order chi connectivity index (χ0) is 39.6. The molecule has 2 aromatic carbocycles. The minimum Gasteiger partial charge on any atom is -0.497 e. The molecule has 1 aromatic heterocycles. The Morgan fingerprint density at radius 1 is 0.877 bits per heavy atom. The zero-order valence-corrected chi connectivity index (χ0v) is 32.2. The van der Waals surface area contributed by atoms with Crippen molar-refractivity contribution in [3.05, 3.63) is 77.9 Å². The number of methoxy groups -OCH3 is 1. The fourth-order valence-electron chi connectivity index (χ4n) is 7.49. The molecular formula is C40H54N8O9. The van der Waals surface area contributed by atoms with Crippen LogP contribution in [-0.4, -0.2) is 134 Å². The molecule has 17 nitrogen and oxygen atoms in total. The highest BCUT2D eigenvalue weighted by atomic mass is 16.7. The molecule has 3 saturated heterocycles. The number of H-pyrrole nitrogens is 1. The van der Waals surface area contributed by atoms with Crippen LogP contribution < -0.4 is 36.1 Å². The number of aromatic nitrogens is 2. The van der Waals surface area contributed by atoms with E-state index in [-0.39, 0.29) is 49.8 Å². The molecule has 0 bridgehead atoms. The summed E-state index contributed by atoms with van der Waals surface area (Å²) in [4.78, 5) is 47.5. The van der Waals surface area contributed by atoms with Crippen molar-refractivity contribution in [2.75, 3.05) is 53.2 Å². The summed E-state index contributed by atoms with van der Waals surface area (Å²) in [5.74, 6) is 1.47. The van der Waals surface area contributed by atoms with Crippen molar-refractivity contribution in [2.45, 2.75) is 81.2 Å². The van der Waals surface area contributed by atoms with Crippen molar-refractivity contribution >= 4 is 18.1 Å². The van der Waals surface area contributed by atoms with E-state index in [1.165, 1.54) is 0 Å². The number of ether oxygens (including phenoxy) is 5. The highest BCUT2D eigenvalue weighted by Gasteiger charge is 2.41. The lowest BCUT2D eigenvalue weighted by atomic mass is 9.84. The number of carbonyl (C=O) groups excluding carboxylic acids is 3. The van der Waals surface area contributed by atoms with Gasteiger partial charge in [-0.15, -0.1) is 0 Å². The minimum atomic E-state index is -0.868. The van der Waals surface area contributed by atoms with E-state index in [4.69, 9.17) is 23.7 Å². The van der Waals surface area contributed by atoms with Gasteiger partial charge >= 0.3 is 12.2 Å². The molecule has 3 aromatic rings. The maximum absolute atomic E-state index is 13.0. The number of alkyl carbamates (subject to hydrolysis) is 2. The number of nitrogens with one attached hydrogen (secondary N) is 6. The fraction of sp³-hybridized carbons (Fsp3) is 0.550. The SMILES string of the molecule is COc1ccc(C[C@H]2NC[C@H](OCOc3ccc(C[C@@H]4NC[C@@H](O)[C@H]4OC(=O)NCCN(Cc4cnc[nH]4)C(=O)C4CCC4)cc3)[C@H]2OC(=O)NC2CNC2)cc1. The second-order valence-corrected chi connectivity index (χ2v) is 15.1. The van der Waals surface area contributed by atoms with E-state index in [9.17, 15) is 19.5 Å². The number of aromatic amines is 1. The number of imidazole rings is 1. The topological polar surface area (TPSA) is 210 Å². The van der Waals surface area contributed by atoms with Crippen LogP contribution in [0, 0.1) is 5.92 Å². The van der Waals surface area contributed by atoms with Crippen molar-refractivity contribution < 1.29 is 43.2 Å². The lowest BCUT2D eigenvalue weighted by Gasteiger charge is -2.31. The molecule has 4 aliphatic rings. The number of β-amino-alcohol motifs (C(OH)–C–C–N with tert-alkyl or cyclic N) is 1. The van der Waals surface area contributed by atoms with Gasteiger partial charge < -0.3 is 65.3 Å². The monoisotopic (exact) mass is 790 g/mol. The summed E-state index contributed by atoms with van der Waals surface area (Å²) >= 11 is 0. The molecular weight excluding hydrogens is 736 g/mol. The third-order valence-corrected chi connectivity index (χ3v) is 11.1. The third kappa shape index (κ3) is 10.9. The molecule has 0 radical (unpaired) electrons. The number of carbonyl (C=O) groups is 3.